The molecule has 0 fully saturated rings. The smallest absolute Gasteiger partial charge is 0.128 e. The van der Waals surface area contributed by atoms with Gasteiger partial charge in [0, 0.05) is 19.3 Å². The molecule has 0 atom stereocenters. The van der Waals surface area contributed by atoms with Gasteiger partial charge in [-0.3, -0.25) is 0 Å². The van der Waals surface area contributed by atoms with Gasteiger partial charge in [0.2, 0.25) is 0 Å². The second-order valence-corrected chi connectivity index (χ2v) is 2.89. The standard InChI is InChI=1S/C9H15N3/c1-7-5-8(2)9(12-6-7)11-4-3-10/h5-6H,3-4,10H2,1-2H3,(H,11,12). The lowest BCUT2D eigenvalue weighted by molar-refractivity contribution is 1.00. The minimum absolute atomic E-state index is 0.634. The third-order valence-electron chi connectivity index (χ3n) is 1.65. The van der Waals surface area contributed by atoms with Crippen molar-refractivity contribution in [1.82, 2.24) is 4.98 Å². The summed E-state index contributed by atoms with van der Waals surface area (Å²) in [6, 6.07) is 2.10. The summed E-state index contributed by atoms with van der Waals surface area (Å²) in [4.78, 5) is 4.25. The Bertz CT molecular complexity index is 258. The Kier molecular flexibility index (Phi) is 3.05. The first-order valence-corrected chi connectivity index (χ1v) is 4.11. The minimum Gasteiger partial charge on any atom is -0.369 e. The van der Waals surface area contributed by atoms with Crippen molar-refractivity contribution in [1.29, 1.82) is 0 Å². The molecule has 0 radical (unpaired) electrons. The SMILES string of the molecule is Cc1cnc(NCCN)c(C)c1. The van der Waals surface area contributed by atoms with Crippen LogP contribution in [-0.4, -0.2) is 18.1 Å². The number of aromatic nitrogens is 1. The Balaban J connectivity index is 2.72. The largest absolute Gasteiger partial charge is 0.369 e. The molecule has 3 heteroatoms. The third kappa shape index (κ3) is 2.20. The number of nitrogens with one attached hydrogen (secondary N) is 1. The molecule has 0 saturated carbocycles. The summed E-state index contributed by atoms with van der Waals surface area (Å²) in [6.45, 7) is 5.48. The quantitative estimate of drug-likeness (QED) is 0.704. The molecule has 1 rings (SSSR count). The maximum Gasteiger partial charge on any atom is 0.128 e. The lowest BCUT2D eigenvalue weighted by atomic mass is 10.2. The fourth-order valence-electron chi connectivity index (χ4n) is 1.09. The monoisotopic (exact) mass is 165 g/mol. The summed E-state index contributed by atoms with van der Waals surface area (Å²) in [6.07, 6.45) is 1.85. The van der Waals surface area contributed by atoms with Gasteiger partial charge in [0.15, 0.2) is 0 Å². The van der Waals surface area contributed by atoms with Crippen molar-refractivity contribution >= 4 is 5.82 Å². The van der Waals surface area contributed by atoms with Crippen LogP contribution in [0.5, 0.6) is 0 Å². The summed E-state index contributed by atoms with van der Waals surface area (Å²) in [7, 11) is 0. The predicted octanol–water partition coefficient (Wildman–Crippen LogP) is 1.07. The molecule has 0 aliphatic rings. The number of anilines is 1. The average Bonchev–Trinajstić information content (AvgIpc) is 2.03. The molecule has 0 unspecified atom stereocenters. The van der Waals surface area contributed by atoms with E-state index in [2.05, 4.69) is 16.4 Å². The van der Waals surface area contributed by atoms with Crippen molar-refractivity contribution < 1.29 is 0 Å². The Morgan fingerprint density at radius 1 is 1.50 bits per heavy atom. The van der Waals surface area contributed by atoms with Crippen molar-refractivity contribution in [2.24, 2.45) is 5.73 Å². The molecule has 0 amide bonds. The van der Waals surface area contributed by atoms with Gasteiger partial charge in [0.1, 0.15) is 5.82 Å². The van der Waals surface area contributed by atoms with Gasteiger partial charge in [-0.25, -0.2) is 4.98 Å². The van der Waals surface area contributed by atoms with E-state index >= 15 is 0 Å². The Morgan fingerprint density at radius 3 is 2.83 bits per heavy atom. The van der Waals surface area contributed by atoms with Crippen LogP contribution in [0.1, 0.15) is 11.1 Å². The number of nitrogens with two attached hydrogens (primary N) is 1. The highest BCUT2D eigenvalue weighted by atomic mass is 15.0. The van der Waals surface area contributed by atoms with Gasteiger partial charge in [-0.15, -0.1) is 0 Å². The average molecular weight is 165 g/mol. The van der Waals surface area contributed by atoms with Gasteiger partial charge < -0.3 is 11.1 Å². The van der Waals surface area contributed by atoms with Gasteiger partial charge in [-0.1, -0.05) is 6.07 Å². The van der Waals surface area contributed by atoms with Gasteiger partial charge in [-0.2, -0.15) is 0 Å². The predicted molar refractivity (Wildman–Crippen MR) is 51.3 cm³/mol. The lowest BCUT2D eigenvalue weighted by Gasteiger charge is -2.06. The van der Waals surface area contributed by atoms with Crippen LogP contribution in [0.2, 0.25) is 0 Å². The van der Waals surface area contributed by atoms with Crippen LogP contribution in [0.4, 0.5) is 5.82 Å². The van der Waals surface area contributed by atoms with Crippen LogP contribution in [0.15, 0.2) is 12.3 Å². The fourth-order valence-corrected chi connectivity index (χ4v) is 1.09. The van der Waals surface area contributed by atoms with Crippen molar-refractivity contribution in [2.45, 2.75) is 13.8 Å². The summed E-state index contributed by atoms with van der Waals surface area (Å²) in [5.74, 6) is 0.936. The van der Waals surface area contributed by atoms with E-state index in [1.165, 1.54) is 11.1 Å². The van der Waals surface area contributed by atoms with Crippen LogP contribution in [-0.2, 0) is 0 Å². The topological polar surface area (TPSA) is 50.9 Å². The number of nitrogens with zero attached hydrogens (tertiary/aromatic N) is 1. The summed E-state index contributed by atoms with van der Waals surface area (Å²) in [5.41, 5.74) is 7.72. The molecule has 3 nitrogen and oxygen atoms in total. The molecule has 0 aromatic carbocycles. The highest BCUT2D eigenvalue weighted by Gasteiger charge is 1.97. The van der Waals surface area contributed by atoms with Gasteiger partial charge in [-0.05, 0) is 25.0 Å². The molecule has 1 heterocycles. The van der Waals surface area contributed by atoms with E-state index < -0.39 is 0 Å². The molecular weight excluding hydrogens is 150 g/mol. The number of pyridine rings is 1. The molecule has 0 spiro atoms. The zero-order chi connectivity index (χ0) is 8.97. The van der Waals surface area contributed by atoms with Crippen molar-refractivity contribution in [2.75, 3.05) is 18.4 Å². The zero-order valence-corrected chi connectivity index (χ0v) is 7.59. The Morgan fingerprint density at radius 2 is 2.25 bits per heavy atom. The number of hydrogen-bond acceptors (Lipinski definition) is 3. The third-order valence-corrected chi connectivity index (χ3v) is 1.65. The molecule has 0 saturated heterocycles. The summed E-state index contributed by atoms with van der Waals surface area (Å²) >= 11 is 0. The number of hydrogen-bond donors (Lipinski definition) is 2. The summed E-state index contributed by atoms with van der Waals surface area (Å²) in [5, 5.41) is 3.15. The van der Waals surface area contributed by atoms with E-state index in [0.717, 1.165) is 12.4 Å². The van der Waals surface area contributed by atoms with Crippen molar-refractivity contribution in [3.05, 3.63) is 23.4 Å². The second-order valence-electron chi connectivity index (χ2n) is 2.89. The fraction of sp³-hybridized carbons (Fsp3) is 0.444. The van der Waals surface area contributed by atoms with Crippen LogP contribution >= 0.6 is 0 Å². The molecule has 12 heavy (non-hydrogen) atoms. The summed E-state index contributed by atoms with van der Waals surface area (Å²) < 4.78 is 0. The van der Waals surface area contributed by atoms with Crippen LogP contribution in [0, 0.1) is 13.8 Å². The molecule has 0 aliphatic carbocycles. The highest BCUT2D eigenvalue weighted by molar-refractivity contribution is 5.44. The normalized spacial score (nSPS) is 9.92. The molecule has 3 N–H and O–H groups in total. The second kappa shape index (κ2) is 4.07. The van der Waals surface area contributed by atoms with Crippen LogP contribution in [0.3, 0.4) is 0 Å². The molecular formula is C9H15N3. The maximum absolute atomic E-state index is 5.37. The highest BCUT2D eigenvalue weighted by Crippen LogP contribution is 2.11. The molecule has 0 bridgehead atoms. The van der Waals surface area contributed by atoms with E-state index in [1.54, 1.807) is 0 Å². The molecule has 1 aromatic heterocycles. The van der Waals surface area contributed by atoms with E-state index in [4.69, 9.17) is 5.73 Å². The van der Waals surface area contributed by atoms with E-state index in [9.17, 15) is 0 Å². The van der Waals surface area contributed by atoms with Crippen molar-refractivity contribution in [3.63, 3.8) is 0 Å². The minimum atomic E-state index is 0.634. The first-order valence-electron chi connectivity index (χ1n) is 4.11. The van der Waals surface area contributed by atoms with Gasteiger partial charge >= 0.3 is 0 Å². The number of aryl methyl sites for hydroxylation is 2. The Hall–Kier alpha value is -1.09. The molecule has 0 aliphatic heterocycles. The lowest BCUT2D eigenvalue weighted by Crippen LogP contribution is -2.14. The molecule has 66 valence electrons. The van der Waals surface area contributed by atoms with Crippen molar-refractivity contribution in [3.8, 4) is 0 Å². The van der Waals surface area contributed by atoms with E-state index in [1.807, 2.05) is 20.0 Å². The van der Waals surface area contributed by atoms with Gasteiger partial charge in [0.05, 0.1) is 0 Å². The van der Waals surface area contributed by atoms with E-state index in [-0.39, 0.29) is 0 Å². The molecule has 1 aromatic rings. The Labute approximate surface area is 73.0 Å². The van der Waals surface area contributed by atoms with E-state index in [0.29, 0.717) is 6.54 Å². The van der Waals surface area contributed by atoms with Crippen LogP contribution in [0.25, 0.3) is 0 Å². The zero-order valence-electron chi connectivity index (χ0n) is 7.59. The maximum atomic E-state index is 5.37. The van der Waals surface area contributed by atoms with Crippen LogP contribution < -0.4 is 11.1 Å². The number of rotatable bonds is 3. The first-order chi connectivity index (χ1) is 5.74. The van der Waals surface area contributed by atoms with Gasteiger partial charge in [0.25, 0.3) is 0 Å². The first kappa shape index (κ1) is 9.00.